The highest BCUT2D eigenvalue weighted by Crippen LogP contribution is 2.41. The third kappa shape index (κ3) is 4.15. The molecule has 0 fully saturated rings. The Hall–Kier alpha value is -3.36. The molecule has 0 saturated carbocycles. The molecule has 7 nitrogen and oxygen atoms in total. The molecule has 8 heteroatoms. The molecule has 5 rings (SSSR count). The average Bonchev–Trinajstić information content (AvgIpc) is 3.23. The van der Waals surface area contributed by atoms with E-state index in [1.54, 1.807) is 47.7 Å². The van der Waals surface area contributed by atoms with Crippen molar-refractivity contribution in [1.82, 2.24) is 10.2 Å². The zero-order chi connectivity index (χ0) is 23.8. The largest absolute Gasteiger partial charge is 0.493 e. The van der Waals surface area contributed by atoms with E-state index < -0.39 is 12.1 Å². The van der Waals surface area contributed by atoms with Gasteiger partial charge in [-0.3, -0.25) is 9.69 Å². The second-order valence-corrected chi connectivity index (χ2v) is 9.84. The second kappa shape index (κ2) is 9.12. The van der Waals surface area contributed by atoms with Crippen LogP contribution < -0.4 is 20.1 Å². The molecule has 0 bridgehead atoms. The summed E-state index contributed by atoms with van der Waals surface area (Å²) in [5.74, 6) is 0.220. The Morgan fingerprint density at radius 3 is 2.65 bits per heavy atom. The van der Waals surface area contributed by atoms with Crippen LogP contribution in [0.4, 0.5) is 5.00 Å². The maximum Gasteiger partial charge on any atom is 0.343 e. The molecule has 0 aliphatic carbocycles. The first-order valence-corrected chi connectivity index (χ1v) is 12.2. The van der Waals surface area contributed by atoms with Crippen molar-refractivity contribution in [3.63, 3.8) is 0 Å². The lowest BCUT2D eigenvalue weighted by Gasteiger charge is -2.31. The number of anilines is 1. The highest BCUT2D eigenvalue weighted by molar-refractivity contribution is 7.16. The van der Waals surface area contributed by atoms with E-state index in [2.05, 4.69) is 29.4 Å². The van der Waals surface area contributed by atoms with Crippen LogP contribution in [0.15, 0.2) is 48.5 Å². The van der Waals surface area contributed by atoms with Gasteiger partial charge in [-0.1, -0.05) is 24.3 Å². The minimum atomic E-state index is -0.458. The number of amides is 1. The molecule has 1 amide bonds. The molecule has 34 heavy (non-hydrogen) atoms. The lowest BCUT2D eigenvalue weighted by Crippen LogP contribution is -2.39. The highest BCUT2D eigenvalue weighted by atomic mass is 32.1. The van der Waals surface area contributed by atoms with Gasteiger partial charge in [0.1, 0.15) is 11.2 Å². The number of nitrogens with one attached hydrogen (secondary N) is 2. The molecule has 0 radical (unpaired) electrons. The Labute approximate surface area is 202 Å². The van der Waals surface area contributed by atoms with Crippen molar-refractivity contribution in [1.29, 1.82) is 0 Å². The lowest BCUT2D eigenvalue weighted by molar-refractivity contribution is 0.0729. The molecule has 2 N–H and O–H groups in total. The van der Waals surface area contributed by atoms with E-state index in [0.29, 0.717) is 23.1 Å². The van der Waals surface area contributed by atoms with E-state index in [4.69, 9.17) is 9.47 Å². The van der Waals surface area contributed by atoms with E-state index in [1.807, 2.05) is 12.1 Å². The fraction of sp³-hybridized carbons (Fsp3) is 0.308. The highest BCUT2D eigenvalue weighted by Gasteiger charge is 2.34. The molecule has 176 valence electrons. The van der Waals surface area contributed by atoms with Crippen LogP contribution in [0.1, 0.15) is 56.7 Å². The van der Waals surface area contributed by atoms with Gasteiger partial charge in [0, 0.05) is 24.0 Å². The number of esters is 1. The van der Waals surface area contributed by atoms with E-state index in [-0.39, 0.29) is 5.91 Å². The van der Waals surface area contributed by atoms with Gasteiger partial charge >= 0.3 is 5.97 Å². The van der Waals surface area contributed by atoms with Gasteiger partial charge in [-0.25, -0.2) is 4.79 Å². The standard InChI is InChI=1S/C26H27N3O4S/c1-15(2)29-12-11-18-21(14-29)34-25-22(18)24(30)27-23(28-25)17-9-10-19(20(13-17)32-3)33-26(31)16-7-5-4-6-8-16/h4-10,13,15,23,28H,11-12,14H2,1-3H3,(H,27,30)/t23-/m1/s1. The Kier molecular flexibility index (Phi) is 6.02. The summed E-state index contributed by atoms with van der Waals surface area (Å²) < 4.78 is 11.0. The SMILES string of the molecule is COc1cc([C@@H]2NC(=O)c3c(sc4c3CCN(C(C)C)C4)N2)ccc1OC(=O)c1ccccc1. The number of nitrogens with zero attached hydrogens (tertiary/aromatic N) is 1. The molecule has 2 aliphatic rings. The first-order valence-electron chi connectivity index (χ1n) is 11.4. The average molecular weight is 478 g/mol. The topological polar surface area (TPSA) is 79.9 Å². The monoisotopic (exact) mass is 477 g/mol. The molecule has 0 unspecified atom stereocenters. The molecule has 3 heterocycles. The molecule has 0 saturated heterocycles. The van der Waals surface area contributed by atoms with E-state index in [9.17, 15) is 9.59 Å². The summed E-state index contributed by atoms with van der Waals surface area (Å²) in [5.41, 5.74) is 3.21. The minimum absolute atomic E-state index is 0.0622. The van der Waals surface area contributed by atoms with Crippen LogP contribution in [0, 0.1) is 0 Å². The molecule has 2 aliphatic heterocycles. The predicted molar refractivity (Wildman–Crippen MR) is 132 cm³/mol. The Morgan fingerprint density at radius 1 is 1.12 bits per heavy atom. The summed E-state index contributed by atoms with van der Waals surface area (Å²) in [5, 5.41) is 7.47. The van der Waals surface area contributed by atoms with E-state index in [1.165, 1.54) is 17.6 Å². The smallest absolute Gasteiger partial charge is 0.343 e. The number of hydrogen-bond donors (Lipinski definition) is 2. The molecule has 3 aromatic rings. The van der Waals surface area contributed by atoms with Crippen molar-refractivity contribution in [2.45, 2.75) is 39.0 Å². The Morgan fingerprint density at radius 2 is 1.91 bits per heavy atom. The molecule has 0 spiro atoms. The van der Waals surface area contributed by atoms with E-state index >= 15 is 0 Å². The zero-order valence-electron chi connectivity index (χ0n) is 19.4. The zero-order valence-corrected chi connectivity index (χ0v) is 20.2. The summed E-state index contributed by atoms with van der Waals surface area (Å²) in [4.78, 5) is 29.2. The van der Waals surface area contributed by atoms with Gasteiger partial charge in [0.05, 0.1) is 18.2 Å². The Bertz CT molecular complexity index is 1240. The summed E-state index contributed by atoms with van der Waals surface area (Å²) in [7, 11) is 1.53. The van der Waals surface area contributed by atoms with E-state index in [0.717, 1.165) is 35.6 Å². The van der Waals surface area contributed by atoms with Crippen molar-refractivity contribution in [2.24, 2.45) is 0 Å². The van der Waals surface area contributed by atoms with Crippen LogP contribution in [0.3, 0.4) is 0 Å². The van der Waals surface area contributed by atoms with Crippen molar-refractivity contribution in [3.05, 3.63) is 75.7 Å². The summed E-state index contributed by atoms with van der Waals surface area (Å²) in [6, 6.07) is 14.6. The van der Waals surface area contributed by atoms with Crippen LogP contribution in [0.2, 0.25) is 0 Å². The minimum Gasteiger partial charge on any atom is -0.493 e. The van der Waals surface area contributed by atoms with Crippen LogP contribution >= 0.6 is 11.3 Å². The number of carbonyl (C=O) groups is 2. The van der Waals surface area contributed by atoms with Crippen LogP contribution in [0.5, 0.6) is 11.5 Å². The molecule has 1 atom stereocenters. The van der Waals surface area contributed by atoms with Gasteiger partial charge in [0.15, 0.2) is 11.5 Å². The predicted octanol–water partition coefficient (Wildman–Crippen LogP) is 4.60. The molecular weight excluding hydrogens is 450 g/mol. The normalized spacial score (nSPS) is 17.4. The van der Waals surface area contributed by atoms with Crippen LogP contribution in [-0.2, 0) is 13.0 Å². The number of fused-ring (bicyclic) bond motifs is 3. The van der Waals surface area contributed by atoms with Crippen molar-refractivity contribution < 1.29 is 19.1 Å². The summed E-state index contributed by atoms with van der Waals surface area (Å²) in [6.45, 7) is 6.24. The third-order valence-corrected chi connectivity index (χ3v) is 7.48. The first kappa shape index (κ1) is 22.4. The number of carbonyl (C=O) groups excluding carboxylic acids is 2. The Balaban J connectivity index is 1.37. The fourth-order valence-corrected chi connectivity index (χ4v) is 5.72. The van der Waals surface area contributed by atoms with Gasteiger partial charge < -0.3 is 20.1 Å². The van der Waals surface area contributed by atoms with Gasteiger partial charge in [-0.2, -0.15) is 0 Å². The number of rotatable bonds is 5. The number of methoxy groups -OCH3 is 1. The van der Waals surface area contributed by atoms with Crippen molar-refractivity contribution in [3.8, 4) is 11.5 Å². The maximum absolute atomic E-state index is 13.1. The van der Waals surface area contributed by atoms with Crippen molar-refractivity contribution >= 4 is 28.2 Å². The number of hydrogen-bond acceptors (Lipinski definition) is 7. The van der Waals surface area contributed by atoms with Gasteiger partial charge in [0.25, 0.3) is 5.91 Å². The van der Waals surface area contributed by atoms with Crippen molar-refractivity contribution in [2.75, 3.05) is 19.0 Å². The molecule has 2 aromatic carbocycles. The number of ether oxygens (including phenoxy) is 2. The summed E-state index contributed by atoms with van der Waals surface area (Å²) in [6.07, 6.45) is 0.475. The third-order valence-electron chi connectivity index (χ3n) is 6.33. The number of benzene rings is 2. The van der Waals surface area contributed by atoms with Crippen LogP contribution in [0.25, 0.3) is 0 Å². The van der Waals surface area contributed by atoms with Crippen LogP contribution in [-0.4, -0.2) is 36.5 Å². The first-order chi connectivity index (χ1) is 16.4. The fourth-order valence-electron chi connectivity index (χ4n) is 4.42. The summed E-state index contributed by atoms with van der Waals surface area (Å²) >= 11 is 1.67. The van der Waals surface area contributed by atoms with Gasteiger partial charge in [-0.15, -0.1) is 11.3 Å². The molecular formula is C26H27N3O4S. The molecule has 1 aromatic heterocycles. The maximum atomic E-state index is 13.1. The van der Waals surface area contributed by atoms with Gasteiger partial charge in [-0.05, 0) is 55.7 Å². The van der Waals surface area contributed by atoms with Gasteiger partial charge in [0.2, 0.25) is 0 Å². The lowest BCUT2D eigenvalue weighted by atomic mass is 9.99. The second-order valence-electron chi connectivity index (χ2n) is 8.74. The number of thiophene rings is 1. The quantitative estimate of drug-likeness (QED) is 0.413.